The molecular formula is C20H26N2O3. The van der Waals surface area contributed by atoms with E-state index in [9.17, 15) is 0 Å². The summed E-state index contributed by atoms with van der Waals surface area (Å²) in [7, 11) is 3.47. The molecule has 0 amide bonds. The van der Waals surface area contributed by atoms with E-state index in [0.29, 0.717) is 24.5 Å². The fourth-order valence-corrected chi connectivity index (χ4v) is 3.28. The van der Waals surface area contributed by atoms with E-state index in [-0.39, 0.29) is 0 Å². The molecule has 1 heterocycles. The third-order valence-electron chi connectivity index (χ3n) is 4.87. The predicted molar refractivity (Wildman–Crippen MR) is 95.8 cm³/mol. The second-order valence-corrected chi connectivity index (χ2v) is 6.58. The number of rotatable bonds is 7. The number of methoxy groups -OCH3 is 2. The summed E-state index contributed by atoms with van der Waals surface area (Å²) in [6.45, 7) is 0.471. The van der Waals surface area contributed by atoms with Crippen molar-refractivity contribution in [2.75, 3.05) is 14.2 Å². The van der Waals surface area contributed by atoms with Crippen LogP contribution in [0, 0.1) is 5.92 Å². The van der Waals surface area contributed by atoms with Gasteiger partial charge >= 0.3 is 0 Å². The minimum absolute atomic E-state index is 0.441. The van der Waals surface area contributed by atoms with Gasteiger partial charge in [-0.25, -0.2) is 0 Å². The van der Waals surface area contributed by atoms with Gasteiger partial charge < -0.3 is 14.2 Å². The molecule has 0 radical (unpaired) electrons. The summed E-state index contributed by atoms with van der Waals surface area (Å²) in [4.78, 5) is 0. The lowest BCUT2D eigenvalue weighted by Crippen LogP contribution is -2.21. The quantitative estimate of drug-likeness (QED) is 0.766. The van der Waals surface area contributed by atoms with E-state index in [1.165, 1.54) is 12.8 Å². The Hall–Kier alpha value is -2.14. The van der Waals surface area contributed by atoms with Crippen LogP contribution in [0.2, 0.25) is 0 Å². The predicted octanol–water partition coefficient (Wildman–Crippen LogP) is 3.81. The van der Waals surface area contributed by atoms with Gasteiger partial charge in [0, 0.05) is 13.2 Å². The number of hydrogen-bond donors (Lipinski definition) is 0. The fourth-order valence-electron chi connectivity index (χ4n) is 3.28. The summed E-state index contributed by atoms with van der Waals surface area (Å²) < 4.78 is 16.3. The van der Waals surface area contributed by atoms with Crippen molar-refractivity contribution in [2.45, 2.75) is 44.8 Å². The van der Waals surface area contributed by atoms with Crippen molar-refractivity contribution < 1.29 is 14.2 Å². The molecule has 0 atom stereocenters. The molecule has 5 nitrogen and oxygen atoms in total. The minimum atomic E-state index is 0.441. The van der Waals surface area contributed by atoms with Crippen molar-refractivity contribution >= 4 is 0 Å². The monoisotopic (exact) mass is 342 g/mol. The molecule has 25 heavy (non-hydrogen) atoms. The molecule has 3 rings (SSSR count). The third kappa shape index (κ3) is 5.16. The minimum Gasteiger partial charge on any atom is -0.497 e. The Bertz CT molecular complexity index is 635. The van der Waals surface area contributed by atoms with Gasteiger partial charge in [0.1, 0.15) is 12.4 Å². The van der Waals surface area contributed by atoms with Crippen LogP contribution in [0.1, 0.15) is 36.9 Å². The van der Waals surface area contributed by atoms with Crippen molar-refractivity contribution in [1.82, 2.24) is 10.2 Å². The Morgan fingerprint density at radius 2 is 1.68 bits per heavy atom. The first-order valence-corrected chi connectivity index (χ1v) is 8.88. The van der Waals surface area contributed by atoms with Gasteiger partial charge in [-0.2, -0.15) is 5.10 Å². The maximum atomic E-state index is 5.71. The van der Waals surface area contributed by atoms with E-state index in [1.807, 2.05) is 36.4 Å². The average Bonchev–Trinajstić information content (AvgIpc) is 2.68. The van der Waals surface area contributed by atoms with Gasteiger partial charge in [-0.3, -0.25) is 0 Å². The Labute approximate surface area is 149 Å². The van der Waals surface area contributed by atoms with Crippen LogP contribution in [0.25, 0.3) is 0 Å². The highest BCUT2D eigenvalue weighted by atomic mass is 16.5. The molecule has 1 fully saturated rings. The Morgan fingerprint density at radius 3 is 2.28 bits per heavy atom. The molecule has 0 aliphatic heterocycles. The van der Waals surface area contributed by atoms with Crippen molar-refractivity contribution in [3.8, 4) is 11.6 Å². The molecule has 0 unspecified atom stereocenters. The van der Waals surface area contributed by atoms with Crippen LogP contribution in [0.15, 0.2) is 36.4 Å². The summed E-state index contributed by atoms with van der Waals surface area (Å²) in [6.07, 6.45) is 6.14. The Balaban J connectivity index is 1.47. The van der Waals surface area contributed by atoms with Crippen LogP contribution in [0.5, 0.6) is 11.6 Å². The maximum Gasteiger partial charge on any atom is 0.233 e. The molecule has 1 aromatic carbocycles. The van der Waals surface area contributed by atoms with Gasteiger partial charge in [0.2, 0.25) is 5.88 Å². The molecule has 0 spiro atoms. The zero-order valence-corrected chi connectivity index (χ0v) is 15.0. The van der Waals surface area contributed by atoms with Crippen molar-refractivity contribution in [1.29, 1.82) is 0 Å². The van der Waals surface area contributed by atoms with Gasteiger partial charge in [-0.05, 0) is 61.8 Å². The second-order valence-electron chi connectivity index (χ2n) is 6.58. The van der Waals surface area contributed by atoms with Crippen LogP contribution in [0.3, 0.4) is 0 Å². The first-order valence-electron chi connectivity index (χ1n) is 8.88. The van der Waals surface area contributed by atoms with Gasteiger partial charge in [0.05, 0.1) is 18.9 Å². The molecule has 134 valence electrons. The van der Waals surface area contributed by atoms with E-state index < -0.39 is 0 Å². The van der Waals surface area contributed by atoms with Crippen LogP contribution in [-0.4, -0.2) is 30.5 Å². The standard InChI is InChI=1S/C20H26N2O3/c1-23-18-8-3-15(4-9-18)13-17-7-12-20(22-21-17)25-14-16-5-10-19(24-2)11-6-16/h5-7,10-12,15,18H,3-4,8-9,13-14H2,1-2H3/t15-,18-. The topological polar surface area (TPSA) is 53.5 Å². The average molecular weight is 342 g/mol. The summed E-state index contributed by atoms with van der Waals surface area (Å²) in [6, 6.07) is 11.7. The highest BCUT2D eigenvalue weighted by Crippen LogP contribution is 2.28. The smallest absolute Gasteiger partial charge is 0.233 e. The van der Waals surface area contributed by atoms with Gasteiger partial charge in [-0.15, -0.1) is 5.10 Å². The molecule has 0 bridgehead atoms. The Kier molecular flexibility index (Phi) is 6.23. The first-order chi connectivity index (χ1) is 12.3. The highest BCUT2D eigenvalue weighted by Gasteiger charge is 2.21. The second kappa shape index (κ2) is 8.81. The zero-order chi connectivity index (χ0) is 17.5. The molecule has 5 heteroatoms. The SMILES string of the molecule is COc1ccc(COc2ccc(C[C@H]3CC[C@H](OC)CC3)nn2)cc1. The lowest BCUT2D eigenvalue weighted by molar-refractivity contribution is 0.0567. The number of aromatic nitrogens is 2. The van der Waals surface area contributed by atoms with E-state index in [4.69, 9.17) is 14.2 Å². The molecule has 0 saturated heterocycles. The highest BCUT2D eigenvalue weighted by molar-refractivity contribution is 5.27. The number of nitrogens with zero attached hydrogens (tertiary/aromatic N) is 2. The molecule has 2 aromatic rings. The lowest BCUT2D eigenvalue weighted by Gasteiger charge is -2.27. The van der Waals surface area contributed by atoms with Crippen LogP contribution < -0.4 is 9.47 Å². The fraction of sp³-hybridized carbons (Fsp3) is 0.500. The number of hydrogen-bond acceptors (Lipinski definition) is 5. The van der Waals surface area contributed by atoms with Crippen molar-refractivity contribution in [2.24, 2.45) is 5.92 Å². The normalized spacial score (nSPS) is 20.2. The van der Waals surface area contributed by atoms with Gasteiger partial charge in [0.15, 0.2) is 0 Å². The van der Waals surface area contributed by atoms with Crippen molar-refractivity contribution in [3.63, 3.8) is 0 Å². The van der Waals surface area contributed by atoms with Gasteiger partial charge in [0.25, 0.3) is 0 Å². The summed E-state index contributed by atoms with van der Waals surface area (Å²) >= 11 is 0. The van der Waals surface area contributed by atoms with Crippen LogP contribution in [0.4, 0.5) is 0 Å². The summed E-state index contributed by atoms with van der Waals surface area (Å²) in [5, 5.41) is 8.53. The third-order valence-corrected chi connectivity index (χ3v) is 4.87. The van der Waals surface area contributed by atoms with E-state index in [2.05, 4.69) is 10.2 Å². The van der Waals surface area contributed by atoms with Gasteiger partial charge in [-0.1, -0.05) is 12.1 Å². The molecule has 1 aliphatic rings. The molecule has 1 aliphatic carbocycles. The van der Waals surface area contributed by atoms with E-state index >= 15 is 0 Å². The summed E-state index contributed by atoms with van der Waals surface area (Å²) in [5.41, 5.74) is 2.11. The van der Waals surface area contributed by atoms with Crippen LogP contribution in [-0.2, 0) is 17.8 Å². The molecular weight excluding hydrogens is 316 g/mol. The number of ether oxygens (including phenoxy) is 3. The summed E-state index contributed by atoms with van der Waals surface area (Å²) in [5.74, 6) is 2.09. The van der Waals surface area contributed by atoms with Crippen molar-refractivity contribution in [3.05, 3.63) is 47.7 Å². The number of benzene rings is 1. The Morgan fingerprint density at radius 1 is 0.920 bits per heavy atom. The van der Waals surface area contributed by atoms with E-state index in [1.54, 1.807) is 14.2 Å². The van der Waals surface area contributed by atoms with E-state index in [0.717, 1.165) is 36.3 Å². The molecule has 0 N–H and O–H groups in total. The molecule has 1 saturated carbocycles. The van der Waals surface area contributed by atoms with Crippen LogP contribution >= 0.6 is 0 Å². The zero-order valence-electron chi connectivity index (χ0n) is 15.0. The molecule has 1 aromatic heterocycles. The first kappa shape index (κ1) is 17.7. The maximum absolute atomic E-state index is 5.71. The lowest BCUT2D eigenvalue weighted by atomic mass is 9.84. The largest absolute Gasteiger partial charge is 0.497 e.